The second-order valence-corrected chi connectivity index (χ2v) is 3.95. The summed E-state index contributed by atoms with van der Waals surface area (Å²) in [6.07, 6.45) is 6.16. The van der Waals surface area contributed by atoms with Crippen molar-refractivity contribution in [2.24, 2.45) is 0 Å². The van der Waals surface area contributed by atoms with E-state index < -0.39 is 0 Å². The summed E-state index contributed by atoms with van der Waals surface area (Å²) in [7, 11) is 0. The highest BCUT2D eigenvalue weighted by Gasteiger charge is 2.11. The number of benzene rings is 2. The SMILES string of the molecule is [CH]1CCCc2c1ccc1ccccc21. The third-order valence-electron chi connectivity index (χ3n) is 3.07. The van der Waals surface area contributed by atoms with Crippen LogP contribution in [-0.4, -0.2) is 0 Å². The summed E-state index contributed by atoms with van der Waals surface area (Å²) in [6.45, 7) is 0. The maximum Gasteiger partial charge on any atom is -0.00899 e. The highest BCUT2D eigenvalue weighted by atomic mass is 14.2. The number of fused-ring (bicyclic) bond motifs is 3. The van der Waals surface area contributed by atoms with Crippen molar-refractivity contribution in [1.82, 2.24) is 0 Å². The summed E-state index contributed by atoms with van der Waals surface area (Å²) in [5.74, 6) is 0. The van der Waals surface area contributed by atoms with Gasteiger partial charge in [0, 0.05) is 0 Å². The molecule has 0 heterocycles. The molecule has 0 atom stereocenters. The summed E-state index contributed by atoms with van der Waals surface area (Å²) < 4.78 is 0. The van der Waals surface area contributed by atoms with E-state index in [4.69, 9.17) is 0 Å². The predicted octanol–water partition coefficient (Wildman–Crippen LogP) is 3.73. The molecule has 0 saturated carbocycles. The predicted molar refractivity (Wildman–Crippen MR) is 60.3 cm³/mol. The Labute approximate surface area is 84.6 Å². The van der Waals surface area contributed by atoms with E-state index in [0.29, 0.717) is 0 Å². The van der Waals surface area contributed by atoms with E-state index in [1.54, 1.807) is 5.56 Å². The Hall–Kier alpha value is -1.30. The monoisotopic (exact) mass is 181 g/mol. The zero-order chi connectivity index (χ0) is 9.38. The minimum absolute atomic E-state index is 1.24. The average molecular weight is 181 g/mol. The first-order valence-corrected chi connectivity index (χ1v) is 5.29. The van der Waals surface area contributed by atoms with Crippen molar-refractivity contribution in [1.29, 1.82) is 0 Å². The minimum Gasteiger partial charge on any atom is -0.0616 e. The molecule has 0 unspecified atom stereocenters. The van der Waals surface area contributed by atoms with Gasteiger partial charge in [-0.05, 0) is 47.6 Å². The standard InChI is InChI=1S/C14H13/c1-3-7-13-11(5-1)9-10-12-6-2-4-8-14(12)13/h1,3,5-7,9-10H,2,4,8H2. The Morgan fingerprint density at radius 1 is 0.929 bits per heavy atom. The van der Waals surface area contributed by atoms with E-state index in [0.717, 1.165) is 0 Å². The highest BCUT2D eigenvalue weighted by Crippen LogP contribution is 2.29. The van der Waals surface area contributed by atoms with Gasteiger partial charge >= 0.3 is 0 Å². The van der Waals surface area contributed by atoms with Crippen LogP contribution >= 0.6 is 0 Å². The third-order valence-corrected chi connectivity index (χ3v) is 3.07. The molecule has 1 aliphatic carbocycles. The topological polar surface area (TPSA) is 0 Å². The van der Waals surface area contributed by atoms with E-state index in [9.17, 15) is 0 Å². The smallest absolute Gasteiger partial charge is 0.00899 e. The fourth-order valence-corrected chi connectivity index (χ4v) is 2.36. The summed E-state index contributed by atoms with van der Waals surface area (Å²) in [6, 6.07) is 13.2. The van der Waals surface area contributed by atoms with Crippen LogP contribution < -0.4 is 0 Å². The Balaban J connectivity index is 2.34. The fourth-order valence-electron chi connectivity index (χ4n) is 2.36. The number of rotatable bonds is 0. The van der Waals surface area contributed by atoms with Gasteiger partial charge in [-0.25, -0.2) is 0 Å². The van der Waals surface area contributed by atoms with Gasteiger partial charge in [0.2, 0.25) is 0 Å². The molecule has 0 aliphatic heterocycles. The maximum absolute atomic E-state index is 2.37. The maximum atomic E-state index is 2.37. The summed E-state index contributed by atoms with van der Waals surface area (Å²) in [5.41, 5.74) is 3.00. The Bertz CT molecular complexity index is 468. The molecule has 1 aliphatic rings. The van der Waals surface area contributed by atoms with Crippen LogP contribution in [0.3, 0.4) is 0 Å². The summed E-state index contributed by atoms with van der Waals surface area (Å²) in [5, 5.41) is 2.82. The lowest BCUT2D eigenvalue weighted by molar-refractivity contribution is 0.781. The van der Waals surface area contributed by atoms with Crippen LogP contribution in [0.4, 0.5) is 0 Å². The first-order chi connectivity index (χ1) is 6.95. The Morgan fingerprint density at radius 3 is 2.86 bits per heavy atom. The lowest BCUT2D eigenvalue weighted by atomic mass is 9.88. The first kappa shape index (κ1) is 8.05. The fraction of sp³-hybridized carbons (Fsp3) is 0.214. The molecule has 2 aromatic carbocycles. The van der Waals surface area contributed by atoms with Crippen LogP contribution in [0, 0.1) is 6.42 Å². The van der Waals surface area contributed by atoms with Gasteiger partial charge in [0.1, 0.15) is 0 Å². The summed E-state index contributed by atoms with van der Waals surface area (Å²) >= 11 is 0. The molecule has 0 saturated heterocycles. The van der Waals surface area contributed by atoms with Crippen molar-refractivity contribution in [3.63, 3.8) is 0 Å². The van der Waals surface area contributed by atoms with Gasteiger partial charge in [0.25, 0.3) is 0 Å². The average Bonchev–Trinajstić information content (AvgIpc) is 2.29. The van der Waals surface area contributed by atoms with Gasteiger partial charge in [-0.1, -0.05) is 36.4 Å². The van der Waals surface area contributed by atoms with Crippen molar-refractivity contribution >= 4 is 10.8 Å². The molecule has 1 radical (unpaired) electrons. The number of hydrogen-bond acceptors (Lipinski definition) is 0. The zero-order valence-corrected chi connectivity index (χ0v) is 8.16. The highest BCUT2D eigenvalue weighted by molar-refractivity contribution is 5.87. The van der Waals surface area contributed by atoms with Crippen molar-refractivity contribution in [3.8, 4) is 0 Å². The lowest BCUT2D eigenvalue weighted by Gasteiger charge is -2.17. The van der Waals surface area contributed by atoms with Gasteiger partial charge in [-0.15, -0.1) is 0 Å². The lowest BCUT2D eigenvalue weighted by Crippen LogP contribution is -2.01. The van der Waals surface area contributed by atoms with E-state index >= 15 is 0 Å². The molecule has 0 amide bonds. The van der Waals surface area contributed by atoms with Crippen molar-refractivity contribution in [3.05, 3.63) is 53.9 Å². The molecule has 14 heavy (non-hydrogen) atoms. The van der Waals surface area contributed by atoms with Crippen molar-refractivity contribution < 1.29 is 0 Å². The van der Waals surface area contributed by atoms with Crippen LogP contribution in [0.25, 0.3) is 10.8 Å². The van der Waals surface area contributed by atoms with Crippen LogP contribution in [-0.2, 0) is 6.42 Å². The first-order valence-electron chi connectivity index (χ1n) is 5.29. The van der Waals surface area contributed by atoms with Crippen molar-refractivity contribution in [2.75, 3.05) is 0 Å². The Morgan fingerprint density at radius 2 is 1.86 bits per heavy atom. The molecule has 0 aromatic heterocycles. The zero-order valence-electron chi connectivity index (χ0n) is 8.16. The van der Waals surface area contributed by atoms with Crippen LogP contribution in [0.5, 0.6) is 0 Å². The van der Waals surface area contributed by atoms with E-state index in [1.807, 2.05) is 0 Å². The van der Waals surface area contributed by atoms with Crippen LogP contribution in [0.15, 0.2) is 36.4 Å². The molecule has 0 nitrogen and oxygen atoms in total. The third kappa shape index (κ3) is 1.14. The molecule has 0 N–H and O–H groups in total. The molecule has 3 rings (SSSR count). The van der Waals surface area contributed by atoms with Crippen molar-refractivity contribution in [2.45, 2.75) is 19.3 Å². The quantitative estimate of drug-likeness (QED) is 0.581. The normalized spacial score (nSPS) is 15.4. The van der Waals surface area contributed by atoms with E-state index in [-0.39, 0.29) is 0 Å². The van der Waals surface area contributed by atoms with E-state index in [2.05, 4.69) is 42.8 Å². The summed E-state index contributed by atoms with van der Waals surface area (Å²) in [4.78, 5) is 0. The van der Waals surface area contributed by atoms with Crippen LogP contribution in [0.2, 0.25) is 0 Å². The molecule has 0 bridgehead atoms. The number of aryl methyl sites for hydroxylation is 1. The molecular formula is C14H13. The van der Waals surface area contributed by atoms with Crippen LogP contribution in [0.1, 0.15) is 24.0 Å². The second-order valence-electron chi connectivity index (χ2n) is 3.95. The molecule has 0 spiro atoms. The Kier molecular flexibility index (Phi) is 1.80. The van der Waals surface area contributed by atoms with Gasteiger partial charge < -0.3 is 0 Å². The van der Waals surface area contributed by atoms with E-state index in [1.165, 1.54) is 35.6 Å². The van der Waals surface area contributed by atoms with Gasteiger partial charge in [0.15, 0.2) is 0 Å². The largest absolute Gasteiger partial charge is 0.0616 e. The van der Waals surface area contributed by atoms with Gasteiger partial charge in [0.05, 0.1) is 0 Å². The molecule has 0 fully saturated rings. The molecule has 69 valence electrons. The van der Waals surface area contributed by atoms with Gasteiger partial charge in [-0.2, -0.15) is 0 Å². The minimum atomic E-state index is 1.24. The second kappa shape index (κ2) is 3.13. The molecule has 2 aromatic rings. The molecule has 0 heteroatoms. The molecular weight excluding hydrogens is 168 g/mol. The van der Waals surface area contributed by atoms with Gasteiger partial charge in [-0.3, -0.25) is 0 Å². The number of hydrogen-bond donors (Lipinski definition) is 0.